The van der Waals surface area contributed by atoms with Gasteiger partial charge >= 0.3 is 0 Å². The lowest BCUT2D eigenvalue weighted by molar-refractivity contribution is 0.0956. The van der Waals surface area contributed by atoms with E-state index in [9.17, 15) is 4.79 Å². The van der Waals surface area contributed by atoms with Crippen molar-refractivity contribution in [3.63, 3.8) is 0 Å². The van der Waals surface area contributed by atoms with Crippen LogP contribution in [0.2, 0.25) is 0 Å². The first-order chi connectivity index (χ1) is 8.89. The van der Waals surface area contributed by atoms with Crippen molar-refractivity contribution in [3.8, 4) is 0 Å². The van der Waals surface area contributed by atoms with Crippen molar-refractivity contribution in [2.24, 2.45) is 0 Å². The Kier molecular flexibility index (Phi) is 5.18. The number of carbonyl (C=O) groups is 1. The van der Waals surface area contributed by atoms with Crippen LogP contribution in [0.25, 0.3) is 0 Å². The highest BCUT2D eigenvalue weighted by molar-refractivity contribution is 6.00. The second-order valence-electron chi connectivity index (χ2n) is 5.15. The van der Waals surface area contributed by atoms with Crippen molar-refractivity contribution in [1.29, 1.82) is 0 Å². The third-order valence-electron chi connectivity index (χ3n) is 2.84. The molecule has 0 bridgehead atoms. The van der Waals surface area contributed by atoms with Gasteiger partial charge in [0, 0.05) is 30.1 Å². The van der Waals surface area contributed by atoms with Crippen molar-refractivity contribution < 1.29 is 9.90 Å². The quantitative estimate of drug-likeness (QED) is 0.588. The summed E-state index contributed by atoms with van der Waals surface area (Å²) in [5.41, 5.74) is 7.29. The molecule has 0 saturated heterocycles. The van der Waals surface area contributed by atoms with Crippen LogP contribution in [-0.4, -0.2) is 29.7 Å². The average molecular weight is 265 g/mol. The van der Waals surface area contributed by atoms with Crippen LogP contribution in [0, 0.1) is 0 Å². The van der Waals surface area contributed by atoms with E-state index in [-0.39, 0.29) is 18.1 Å². The van der Waals surface area contributed by atoms with Crippen molar-refractivity contribution in [3.05, 3.63) is 23.8 Å². The van der Waals surface area contributed by atoms with Crippen LogP contribution in [0.3, 0.4) is 0 Å². The maximum Gasteiger partial charge on any atom is 0.253 e. The molecule has 106 valence electrons. The Labute approximate surface area is 114 Å². The number of hydrogen-bond donors (Lipinski definition) is 4. The first-order valence-corrected chi connectivity index (χ1v) is 6.46. The van der Waals surface area contributed by atoms with E-state index in [1.54, 1.807) is 18.2 Å². The normalized spacial score (nSPS) is 11.2. The minimum Gasteiger partial charge on any atom is -0.399 e. The zero-order valence-corrected chi connectivity index (χ0v) is 11.8. The minimum atomic E-state index is -0.316. The summed E-state index contributed by atoms with van der Waals surface area (Å²) in [5.74, 6) is -0.134. The Hall–Kier alpha value is -1.75. The maximum atomic E-state index is 12.0. The zero-order valence-electron chi connectivity index (χ0n) is 11.8. The van der Waals surface area contributed by atoms with Gasteiger partial charge in [-0.25, -0.2) is 0 Å². The summed E-state index contributed by atoms with van der Waals surface area (Å²) in [7, 11) is 0. The number of nitrogens with two attached hydrogens (primary N) is 1. The molecule has 0 aliphatic rings. The summed E-state index contributed by atoms with van der Waals surface area (Å²) >= 11 is 0. The average Bonchev–Trinajstić information content (AvgIpc) is 2.28. The van der Waals surface area contributed by atoms with Crippen molar-refractivity contribution >= 4 is 17.3 Å². The van der Waals surface area contributed by atoms with Gasteiger partial charge in [0.05, 0.1) is 5.56 Å². The molecule has 5 heteroatoms. The molecule has 0 heterocycles. The van der Waals surface area contributed by atoms with Gasteiger partial charge in [-0.05, 0) is 45.4 Å². The second kappa shape index (κ2) is 6.43. The van der Waals surface area contributed by atoms with Gasteiger partial charge in [-0.2, -0.15) is 0 Å². The highest BCUT2D eigenvalue weighted by Gasteiger charge is 2.20. The fraction of sp³-hybridized carbons (Fsp3) is 0.500. The third-order valence-corrected chi connectivity index (χ3v) is 2.84. The first-order valence-electron chi connectivity index (χ1n) is 6.46. The number of anilines is 2. The molecule has 1 amide bonds. The molecule has 1 aromatic rings. The fourth-order valence-electron chi connectivity index (χ4n) is 1.83. The number of benzene rings is 1. The lowest BCUT2D eigenvalue weighted by Crippen LogP contribution is -2.33. The number of hydrogen-bond acceptors (Lipinski definition) is 4. The Balaban J connectivity index is 3.04. The molecular weight excluding hydrogens is 242 g/mol. The Morgan fingerprint density at radius 2 is 2.11 bits per heavy atom. The molecule has 1 rings (SSSR count). The standard InChI is InChI=1S/C14H23N3O2/c1-4-16-13(19)11-6-5-10(15)9-12(11)17-14(2,3)7-8-18/h5-6,9,17-18H,4,7-8,15H2,1-3H3,(H,16,19). The van der Waals surface area contributed by atoms with Crippen LogP contribution >= 0.6 is 0 Å². The van der Waals surface area contributed by atoms with Crippen LogP contribution in [0.4, 0.5) is 11.4 Å². The Morgan fingerprint density at radius 3 is 2.68 bits per heavy atom. The lowest BCUT2D eigenvalue weighted by atomic mass is 9.99. The molecule has 5 N–H and O–H groups in total. The molecule has 0 aliphatic carbocycles. The molecule has 0 spiro atoms. The van der Waals surface area contributed by atoms with Crippen LogP contribution in [-0.2, 0) is 0 Å². The fourth-order valence-corrected chi connectivity index (χ4v) is 1.83. The molecule has 0 radical (unpaired) electrons. The van der Waals surface area contributed by atoms with E-state index in [2.05, 4.69) is 10.6 Å². The SMILES string of the molecule is CCNC(=O)c1ccc(N)cc1NC(C)(C)CCO. The van der Waals surface area contributed by atoms with E-state index in [0.29, 0.717) is 29.9 Å². The zero-order chi connectivity index (χ0) is 14.5. The molecule has 0 aliphatic heterocycles. The minimum absolute atomic E-state index is 0.0821. The van der Waals surface area contributed by atoms with Gasteiger partial charge in [-0.15, -0.1) is 0 Å². The van der Waals surface area contributed by atoms with E-state index in [1.165, 1.54) is 0 Å². The highest BCUT2D eigenvalue weighted by Crippen LogP contribution is 2.24. The summed E-state index contributed by atoms with van der Waals surface area (Å²) < 4.78 is 0. The lowest BCUT2D eigenvalue weighted by Gasteiger charge is -2.28. The molecule has 0 fully saturated rings. The monoisotopic (exact) mass is 265 g/mol. The number of carbonyl (C=O) groups excluding carboxylic acids is 1. The maximum absolute atomic E-state index is 12.0. The topological polar surface area (TPSA) is 87.4 Å². The molecule has 0 atom stereocenters. The summed E-state index contributed by atoms with van der Waals surface area (Å²) in [6.45, 7) is 6.46. The van der Waals surface area contributed by atoms with Gasteiger partial charge in [0.2, 0.25) is 0 Å². The second-order valence-corrected chi connectivity index (χ2v) is 5.15. The van der Waals surface area contributed by atoms with Crippen LogP contribution < -0.4 is 16.4 Å². The van der Waals surface area contributed by atoms with Gasteiger partial charge in [0.15, 0.2) is 0 Å². The predicted molar refractivity (Wildman–Crippen MR) is 78.3 cm³/mol. The molecule has 0 saturated carbocycles. The number of rotatable bonds is 6. The Bertz CT molecular complexity index is 444. The highest BCUT2D eigenvalue weighted by atomic mass is 16.3. The van der Waals surface area contributed by atoms with E-state index < -0.39 is 0 Å². The molecule has 19 heavy (non-hydrogen) atoms. The summed E-state index contributed by atoms with van der Waals surface area (Å²) in [6.07, 6.45) is 0.580. The van der Waals surface area contributed by atoms with Crippen LogP contribution in [0.15, 0.2) is 18.2 Å². The first kappa shape index (κ1) is 15.3. The summed E-state index contributed by atoms with van der Waals surface area (Å²) in [6, 6.07) is 5.15. The molecule has 0 unspecified atom stereocenters. The number of nitrogen functional groups attached to an aromatic ring is 1. The van der Waals surface area contributed by atoms with Crippen molar-refractivity contribution in [2.45, 2.75) is 32.7 Å². The van der Waals surface area contributed by atoms with Gasteiger partial charge in [0.25, 0.3) is 5.91 Å². The van der Waals surface area contributed by atoms with Crippen LogP contribution in [0.1, 0.15) is 37.6 Å². The van der Waals surface area contributed by atoms with Crippen LogP contribution in [0.5, 0.6) is 0 Å². The predicted octanol–water partition coefficient (Wildman–Crippen LogP) is 1.59. The van der Waals surface area contributed by atoms with Crippen molar-refractivity contribution in [1.82, 2.24) is 5.32 Å². The van der Waals surface area contributed by atoms with Gasteiger partial charge in [0.1, 0.15) is 0 Å². The van der Waals surface area contributed by atoms with Crippen molar-refractivity contribution in [2.75, 3.05) is 24.2 Å². The molecular formula is C14H23N3O2. The van der Waals surface area contributed by atoms with Gasteiger partial charge in [-0.3, -0.25) is 4.79 Å². The molecule has 5 nitrogen and oxygen atoms in total. The number of aliphatic hydroxyl groups is 1. The van der Waals surface area contributed by atoms with Gasteiger partial charge < -0.3 is 21.5 Å². The summed E-state index contributed by atoms with van der Waals surface area (Å²) in [5, 5.41) is 15.1. The number of aliphatic hydroxyl groups excluding tert-OH is 1. The largest absolute Gasteiger partial charge is 0.399 e. The summed E-state index contributed by atoms with van der Waals surface area (Å²) in [4.78, 5) is 12.0. The van der Waals surface area contributed by atoms with E-state index in [0.717, 1.165) is 0 Å². The number of amides is 1. The smallest absolute Gasteiger partial charge is 0.253 e. The van der Waals surface area contributed by atoms with Gasteiger partial charge in [-0.1, -0.05) is 0 Å². The van der Waals surface area contributed by atoms with E-state index >= 15 is 0 Å². The molecule has 0 aromatic heterocycles. The van der Waals surface area contributed by atoms with E-state index in [1.807, 2.05) is 20.8 Å². The third kappa shape index (κ3) is 4.44. The number of nitrogens with one attached hydrogen (secondary N) is 2. The molecule has 1 aromatic carbocycles. The van der Waals surface area contributed by atoms with E-state index in [4.69, 9.17) is 10.8 Å². The Morgan fingerprint density at radius 1 is 1.42 bits per heavy atom.